The first-order valence-corrected chi connectivity index (χ1v) is 7.98. The van der Waals surface area contributed by atoms with Crippen LogP contribution in [0.15, 0.2) is 12.3 Å². The van der Waals surface area contributed by atoms with Gasteiger partial charge in [-0.05, 0) is 37.1 Å². The summed E-state index contributed by atoms with van der Waals surface area (Å²) < 4.78 is 2.17. The minimum atomic E-state index is 0.448. The molecule has 5 heteroatoms. The summed E-state index contributed by atoms with van der Waals surface area (Å²) in [5, 5.41) is 0.645. The van der Waals surface area contributed by atoms with E-state index in [2.05, 4.69) is 28.4 Å². The number of rotatable bonds is 3. The summed E-state index contributed by atoms with van der Waals surface area (Å²) in [6, 6.07) is 2.44. The highest BCUT2D eigenvalue weighted by atomic mass is 32.2. The minimum absolute atomic E-state index is 0.448. The summed E-state index contributed by atoms with van der Waals surface area (Å²) in [5.41, 5.74) is 9.21. The zero-order valence-electron chi connectivity index (χ0n) is 11.5. The number of hydrogen-bond donors (Lipinski definition) is 1. The highest BCUT2D eigenvalue weighted by molar-refractivity contribution is 7.99. The Morgan fingerprint density at radius 1 is 1.47 bits per heavy atom. The summed E-state index contributed by atoms with van der Waals surface area (Å²) in [4.78, 5) is 9.03. The van der Waals surface area contributed by atoms with Gasteiger partial charge in [0, 0.05) is 11.4 Å². The highest BCUT2D eigenvalue weighted by Gasteiger charge is 2.31. The lowest BCUT2D eigenvalue weighted by atomic mass is 10.2. The molecule has 102 valence electrons. The molecule has 2 heterocycles. The van der Waals surface area contributed by atoms with Crippen LogP contribution in [-0.4, -0.2) is 25.5 Å². The Morgan fingerprint density at radius 3 is 3.11 bits per heavy atom. The van der Waals surface area contributed by atoms with Crippen molar-refractivity contribution in [1.29, 1.82) is 0 Å². The zero-order valence-corrected chi connectivity index (χ0v) is 12.3. The fourth-order valence-corrected chi connectivity index (χ4v) is 4.31. The Bertz CT molecular complexity index is 592. The van der Waals surface area contributed by atoms with Crippen LogP contribution in [0.1, 0.15) is 37.8 Å². The quantitative estimate of drug-likeness (QED) is 0.935. The molecule has 4 nitrogen and oxygen atoms in total. The van der Waals surface area contributed by atoms with Gasteiger partial charge in [0.05, 0.1) is 6.04 Å². The molecule has 2 aromatic heterocycles. The number of pyridine rings is 1. The van der Waals surface area contributed by atoms with Gasteiger partial charge in [-0.15, -0.1) is 0 Å². The molecular weight excluding hydrogens is 256 g/mol. The van der Waals surface area contributed by atoms with Gasteiger partial charge >= 0.3 is 0 Å². The van der Waals surface area contributed by atoms with Crippen molar-refractivity contribution in [3.8, 4) is 0 Å². The van der Waals surface area contributed by atoms with Crippen LogP contribution in [-0.2, 0) is 0 Å². The number of aryl methyl sites for hydroxylation is 1. The fourth-order valence-electron chi connectivity index (χ4n) is 3.06. The number of nitrogens with zero attached hydrogens (tertiary/aromatic N) is 3. The standard InChI is InChI=1S/C14H20N4S/c1-3-19-11-6-4-5-10(11)18-13-12(17-14(18)15)9(2)7-8-16-13/h7-8,10-11H,3-6H2,1-2H3,(H2,15,17). The van der Waals surface area contributed by atoms with Gasteiger partial charge in [-0.1, -0.05) is 13.3 Å². The lowest BCUT2D eigenvalue weighted by molar-refractivity contribution is 0.546. The molecule has 1 aliphatic carbocycles. The average Bonchev–Trinajstić information content (AvgIpc) is 2.94. The SMILES string of the molecule is CCSC1CCCC1n1c(N)nc2c(C)ccnc21. The van der Waals surface area contributed by atoms with Gasteiger partial charge in [-0.3, -0.25) is 4.57 Å². The van der Waals surface area contributed by atoms with Crippen LogP contribution in [0.25, 0.3) is 11.2 Å². The number of aromatic nitrogens is 3. The van der Waals surface area contributed by atoms with E-state index in [4.69, 9.17) is 5.73 Å². The molecule has 19 heavy (non-hydrogen) atoms. The monoisotopic (exact) mass is 276 g/mol. The maximum Gasteiger partial charge on any atom is 0.202 e. The van der Waals surface area contributed by atoms with Crippen molar-refractivity contribution in [2.24, 2.45) is 0 Å². The Labute approximate surface area is 117 Å². The number of anilines is 1. The fraction of sp³-hybridized carbons (Fsp3) is 0.571. The molecule has 0 spiro atoms. The maximum absolute atomic E-state index is 6.16. The molecule has 0 aromatic carbocycles. The van der Waals surface area contributed by atoms with Gasteiger partial charge in [-0.25, -0.2) is 9.97 Å². The van der Waals surface area contributed by atoms with Gasteiger partial charge in [0.2, 0.25) is 5.95 Å². The molecule has 2 atom stereocenters. The summed E-state index contributed by atoms with van der Waals surface area (Å²) in [6.07, 6.45) is 5.58. The molecule has 0 bridgehead atoms. The van der Waals surface area contributed by atoms with E-state index < -0.39 is 0 Å². The van der Waals surface area contributed by atoms with Crippen molar-refractivity contribution in [2.45, 2.75) is 44.4 Å². The Hall–Kier alpha value is -1.23. The Balaban J connectivity index is 2.09. The molecule has 2 unspecified atom stereocenters. The van der Waals surface area contributed by atoms with E-state index in [0.717, 1.165) is 22.5 Å². The van der Waals surface area contributed by atoms with Crippen LogP contribution in [0.2, 0.25) is 0 Å². The van der Waals surface area contributed by atoms with Crippen molar-refractivity contribution in [3.05, 3.63) is 17.8 Å². The van der Waals surface area contributed by atoms with E-state index in [1.54, 1.807) is 0 Å². The smallest absolute Gasteiger partial charge is 0.202 e. The van der Waals surface area contributed by atoms with Crippen molar-refractivity contribution in [1.82, 2.24) is 14.5 Å². The summed E-state index contributed by atoms with van der Waals surface area (Å²) in [7, 11) is 0. The van der Waals surface area contributed by atoms with E-state index >= 15 is 0 Å². The Morgan fingerprint density at radius 2 is 2.32 bits per heavy atom. The number of imidazole rings is 1. The second-order valence-electron chi connectivity index (χ2n) is 5.13. The van der Waals surface area contributed by atoms with Crippen LogP contribution in [0, 0.1) is 6.92 Å². The van der Waals surface area contributed by atoms with E-state index in [1.165, 1.54) is 19.3 Å². The van der Waals surface area contributed by atoms with Gasteiger partial charge in [0.25, 0.3) is 0 Å². The van der Waals surface area contributed by atoms with Crippen LogP contribution >= 0.6 is 11.8 Å². The lowest BCUT2D eigenvalue weighted by Gasteiger charge is -2.21. The van der Waals surface area contributed by atoms with E-state index in [-0.39, 0.29) is 0 Å². The number of nitrogen functional groups attached to an aromatic ring is 1. The van der Waals surface area contributed by atoms with Gasteiger partial charge < -0.3 is 5.73 Å². The summed E-state index contributed by atoms with van der Waals surface area (Å²) in [5.74, 6) is 1.77. The molecule has 3 rings (SSSR count). The third-order valence-corrected chi connectivity index (χ3v) is 5.25. The third kappa shape index (κ3) is 2.10. The largest absolute Gasteiger partial charge is 0.369 e. The van der Waals surface area contributed by atoms with E-state index in [1.807, 2.05) is 24.0 Å². The van der Waals surface area contributed by atoms with Crippen molar-refractivity contribution < 1.29 is 0 Å². The molecule has 1 fully saturated rings. The summed E-state index contributed by atoms with van der Waals surface area (Å²) in [6.45, 7) is 4.28. The number of thioether (sulfide) groups is 1. The summed E-state index contributed by atoms with van der Waals surface area (Å²) >= 11 is 2.03. The second kappa shape index (κ2) is 5.04. The first kappa shape index (κ1) is 12.8. The Kier molecular flexibility index (Phi) is 3.39. The van der Waals surface area contributed by atoms with Crippen molar-refractivity contribution >= 4 is 28.9 Å². The van der Waals surface area contributed by atoms with Gasteiger partial charge in [-0.2, -0.15) is 11.8 Å². The van der Waals surface area contributed by atoms with Crippen molar-refractivity contribution in [2.75, 3.05) is 11.5 Å². The predicted molar refractivity (Wildman–Crippen MR) is 81.5 cm³/mol. The highest BCUT2D eigenvalue weighted by Crippen LogP contribution is 2.41. The molecule has 1 saturated carbocycles. The molecule has 0 saturated heterocycles. The number of fused-ring (bicyclic) bond motifs is 1. The van der Waals surface area contributed by atoms with Crippen molar-refractivity contribution in [3.63, 3.8) is 0 Å². The van der Waals surface area contributed by atoms with Crippen LogP contribution in [0.5, 0.6) is 0 Å². The number of nitrogens with two attached hydrogens (primary N) is 1. The van der Waals surface area contributed by atoms with E-state index in [0.29, 0.717) is 17.2 Å². The average molecular weight is 276 g/mol. The lowest BCUT2D eigenvalue weighted by Crippen LogP contribution is -2.18. The number of hydrogen-bond acceptors (Lipinski definition) is 4. The van der Waals surface area contributed by atoms with Crippen LogP contribution in [0.3, 0.4) is 0 Å². The molecule has 0 radical (unpaired) electrons. The minimum Gasteiger partial charge on any atom is -0.369 e. The molecule has 0 amide bonds. The second-order valence-corrected chi connectivity index (χ2v) is 6.65. The molecule has 2 aromatic rings. The predicted octanol–water partition coefficient (Wildman–Crippen LogP) is 3.17. The first-order valence-electron chi connectivity index (χ1n) is 6.93. The van der Waals surface area contributed by atoms with Crippen LogP contribution < -0.4 is 5.73 Å². The topological polar surface area (TPSA) is 56.7 Å². The first-order chi connectivity index (χ1) is 9.22. The molecule has 0 aliphatic heterocycles. The normalized spacial score (nSPS) is 23.3. The van der Waals surface area contributed by atoms with Crippen LogP contribution in [0.4, 0.5) is 5.95 Å². The molecular formula is C14H20N4S. The molecule has 1 aliphatic rings. The van der Waals surface area contributed by atoms with E-state index in [9.17, 15) is 0 Å². The third-order valence-electron chi connectivity index (χ3n) is 3.94. The zero-order chi connectivity index (χ0) is 13.4. The molecule has 2 N–H and O–H groups in total. The maximum atomic E-state index is 6.16. The van der Waals surface area contributed by atoms with Gasteiger partial charge in [0.1, 0.15) is 5.52 Å². The van der Waals surface area contributed by atoms with Gasteiger partial charge in [0.15, 0.2) is 5.65 Å².